The highest BCUT2D eigenvalue weighted by Crippen LogP contribution is 2.21. The molecule has 1 aromatic heterocycles. The third-order valence-electron chi connectivity index (χ3n) is 2.55. The van der Waals surface area contributed by atoms with Gasteiger partial charge in [-0.05, 0) is 32.3 Å². The van der Waals surface area contributed by atoms with E-state index in [0.717, 1.165) is 5.69 Å². The molecular weight excluding hydrogens is 208 g/mol. The van der Waals surface area contributed by atoms with E-state index in [-0.39, 0.29) is 0 Å². The fourth-order valence-corrected chi connectivity index (χ4v) is 1.60. The molecule has 0 bridgehead atoms. The number of thiocarbonyl (C=S) groups is 1. The van der Waals surface area contributed by atoms with Gasteiger partial charge in [0.2, 0.25) is 5.95 Å². The summed E-state index contributed by atoms with van der Waals surface area (Å²) in [4.78, 5) is 8.88. The number of anilines is 1. The zero-order chi connectivity index (χ0) is 10.8. The lowest BCUT2D eigenvalue weighted by Crippen LogP contribution is -2.28. The average molecular weight is 222 g/mol. The van der Waals surface area contributed by atoms with Crippen LogP contribution in [0.15, 0.2) is 6.07 Å². The lowest BCUT2D eigenvalue weighted by atomic mass is 9.93. The van der Waals surface area contributed by atoms with Crippen LogP contribution in [0.5, 0.6) is 0 Å². The summed E-state index contributed by atoms with van der Waals surface area (Å²) in [5.74, 6) is 0.641. The largest absolute Gasteiger partial charge is 0.388 e. The van der Waals surface area contributed by atoms with E-state index in [1.807, 2.05) is 6.92 Å². The second-order valence-electron chi connectivity index (χ2n) is 3.85. The van der Waals surface area contributed by atoms with Gasteiger partial charge in [0, 0.05) is 11.7 Å². The summed E-state index contributed by atoms with van der Waals surface area (Å²) in [5, 5.41) is 3.28. The van der Waals surface area contributed by atoms with Gasteiger partial charge in [0.1, 0.15) is 10.7 Å². The molecule has 0 saturated heterocycles. The average Bonchev–Trinajstić information content (AvgIpc) is 2.10. The first kappa shape index (κ1) is 10.3. The molecule has 0 amide bonds. The maximum Gasteiger partial charge on any atom is 0.223 e. The first-order valence-corrected chi connectivity index (χ1v) is 5.48. The molecule has 3 N–H and O–H groups in total. The van der Waals surface area contributed by atoms with Crippen LogP contribution in [0.1, 0.15) is 30.7 Å². The normalized spacial score (nSPS) is 15.8. The van der Waals surface area contributed by atoms with Crippen molar-refractivity contribution in [2.75, 3.05) is 5.32 Å². The summed E-state index contributed by atoms with van der Waals surface area (Å²) in [6.45, 7) is 1.91. The van der Waals surface area contributed by atoms with Crippen molar-refractivity contribution in [2.45, 2.75) is 32.2 Å². The van der Waals surface area contributed by atoms with Gasteiger partial charge in [-0.1, -0.05) is 12.2 Å². The van der Waals surface area contributed by atoms with Gasteiger partial charge >= 0.3 is 0 Å². The van der Waals surface area contributed by atoms with E-state index >= 15 is 0 Å². The zero-order valence-corrected chi connectivity index (χ0v) is 9.47. The molecule has 1 aliphatic rings. The van der Waals surface area contributed by atoms with Crippen LogP contribution in [0, 0.1) is 6.92 Å². The number of nitrogens with zero attached hydrogens (tertiary/aromatic N) is 2. The minimum atomic E-state index is 0.317. The number of hydrogen-bond acceptors (Lipinski definition) is 4. The molecule has 0 radical (unpaired) electrons. The van der Waals surface area contributed by atoms with Crippen LogP contribution < -0.4 is 11.1 Å². The molecule has 1 fully saturated rings. The molecule has 0 spiro atoms. The lowest BCUT2D eigenvalue weighted by molar-refractivity contribution is 0.443. The van der Waals surface area contributed by atoms with Crippen molar-refractivity contribution in [3.63, 3.8) is 0 Å². The second kappa shape index (κ2) is 4.10. The Bertz CT molecular complexity index is 387. The molecule has 0 unspecified atom stereocenters. The van der Waals surface area contributed by atoms with Crippen LogP contribution >= 0.6 is 12.2 Å². The Morgan fingerprint density at radius 3 is 2.80 bits per heavy atom. The molecule has 0 aromatic carbocycles. The fourth-order valence-electron chi connectivity index (χ4n) is 1.49. The Morgan fingerprint density at radius 1 is 1.53 bits per heavy atom. The third-order valence-corrected chi connectivity index (χ3v) is 2.75. The zero-order valence-electron chi connectivity index (χ0n) is 8.66. The van der Waals surface area contributed by atoms with E-state index in [1.165, 1.54) is 19.3 Å². The fraction of sp³-hybridized carbons (Fsp3) is 0.500. The number of nitrogens with two attached hydrogens (primary N) is 1. The number of rotatable bonds is 3. The van der Waals surface area contributed by atoms with E-state index in [0.29, 0.717) is 22.7 Å². The van der Waals surface area contributed by atoms with Crippen LogP contribution in [0.2, 0.25) is 0 Å². The number of hydrogen-bond donors (Lipinski definition) is 2. The van der Waals surface area contributed by atoms with Crippen LogP contribution in [0.4, 0.5) is 5.95 Å². The first-order chi connectivity index (χ1) is 7.15. The van der Waals surface area contributed by atoms with Crippen molar-refractivity contribution in [2.24, 2.45) is 5.73 Å². The molecule has 0 atom stereocenters. The Kier molecular flexibility index (Phi) is 2.81. The van der Waals surface area contributed by atoms with Gasteiger partial charge in [-0.3, -0.25) is 0 Å². The second-order valence-corrected chi connectivity index (χ2v) is 4.29. The van der Waals surface area contributed by atoms with Gasteiger partial charge in [0.05, 0.1) is 0 Å². The number of aromatic nitrogens is 2. The summed E-state index contributed by atoms with van der Waals surface area (Å²) in [7, 11) is 0. The minimum Gasteiger partial charge on any atom is -0.388 e. The molecule has 2 rings (SSSR count). The summed E-state index contributed by atoms with van der Waals surface area (Å²) >= 11 is 4.90. The molecule has 1 aromatic rings. The summed E-state index contributed by atoms with van der Waals surface area (Å²) < 4.78 is 0. The predicted molar refractivity (Wildman–Crippen MR) is 63.9 cm³/mol. The Balaban J connectivity index is 2.18. The Morgan fingerprint density at radius 2 is 2.27 bits per heavy atom. The van der Waals surface area contributed by atoms with Crippen LogP contribution in [-0.2, 0) is 0 Å². The molecule has 5 heteroatoms. The van der Waals surface area contributed by atoms with Crippen molar-refractivity contribution in [3.8, 4) is 0 Å². The maximum atomic E-state index is 5.54. The van der Waals surface area contributed by atoms with Crippen molar-refractivity contribution in [3.05, 3.63) is 17.5 Å². The highest BCUT2D eigenvalue weighted by atomic mass is 32.1. The Labute approximate surface area is 94.3 Å². The molecule has 4 nitrogen and oxygen atoms in total. The van der Waals surface area contributed by atoms with Crippen molar-refractivity contribution in [1.82, 2.24) is 9.97 Å². The maximum absolute atomic E-state index is 5.54. The van der Waals surface area contributed by atoms with Gasteiger partial charge in [-0.2, -0.15) is 0 Å². The minimum absolute atomic E-state index is 0.317. The molecule has 0 aliphatic heterocycles. The molecular formula is C10H14N4S. The van der Waals surface area contributed by atoms with Crippen LogP contribution in [0.3, 0.4) is 0 Å². The van der Waals surface area contributed by atoms with E-state index in [4.69, 9.17) is 18.0 Å². The SMILES string of the molecule is Cc1cc(C(N)=S)nc(NC2CCC2)n1. The van der Waals surface area contributed by atoms with E-state index in [9.17, 15) is 0 Å². The molecule has 80 valence electrons. The Hall–Kier alpha value is -1.23. The van der Waals surface area contributed by atoms with Gasteiger partial charge in [0.25, 0.3) is 0 Å². The molecule has 1 heterocycles. The molecule has 1 saturated carbocycles. The summed E-state index contributed by atoms with van der Waals surface area (Å²) in [6, 6.07) is 2.32. The lowest BCUT2D eigenvalue weighted by Gasteiger charge is -2.26. The standard InChI is InChI=1S/C10H14N4S/c1-6-5-8(9(11)15)14-10(12-6)13-7-3-2-4-7/h5,7H,2-4H2,1H3,(H2,11,15)(H,12,13,14). The van der Waals surface area contributed by atoms with Gasteiger partial charge in [0.15, 0.2) is 0 Å². The van der Waals surface area contributed by atoms with E-state index < -0.39 is 0 Å². The summed E-state index contributed by atoms with van der Waals surface area (Å²) in [6.07, 6.45) is 3.67. The topological polar surface area (TPSA) is 63.8 Å². The van der Waals surface area contributed by atoms with E-state index in [2.05, 4.69) is 15.3 Å². The van der Waals surface area contributed by atoms with Crippen LogP contribution in [-0.4, -0.2) is 21.0 Å². The van der Waals surface area contributed by atoms with Crippen LogP contribution in [0.25, 0.3) is 0 Å². The number of aryl methyl sites for hydroxylation is 1. The van der Waals surface area contributed by atoms with Crippen molar-refractivity contribution < 1.29 is 0 Å². The smallest absolute Gasteiger partial charge is 0.223 e. The van der Waals surface area contributed by atoms with E-state index in [1.54, 1.807) is 6.07 Å². The van der Waals surface area contributed by atoms with Gasteiger partial charge < -0.3 is 11.1 Å². The van der Waals surface area contributed by atoms with Crippen molar-refractivity contribution >= 4 is 23.2 Å². The molecule has 15 heavy (non-hydrogen) atoms. The third kappa shape index (κ3) is 2.41. The summed E-state index contributed by atoms with van der Waals surface area (Å²) in [5.41, 5.74) is 7.06. The van der Waals surface area contributed by atoms with Gasteiger partial charge in [-0.25, -0.2) is 9.97 Å². The quantitative estimate of drug-likeness (QED) is 0.757. The molecule has 1 aliphatic carbocycles. The van der Waals surface area contributed by atoms with Gasteiger partial charge in [-0.15, -0.1) is 0 Å². The predicted octanol–water partition coefficient (Wildman–Crippen LogP) is 1.38. The van der Waals surface area contributed by atoms with Crippen molar-refractivity contribution in [1.29, 1.82) is 0 Å². The number of nitrogens with one attached hydrogen (secondary N) is 1. The highest BCUT2D eigenvalue weighted by molar-refractivity contribution is 7.80. The highest BCUT2D eigenvalue weighted by Gasteiger charge is 2.18. The monoisotopic (exact) mass is 222 g/mol. The first-order valence-electron chi connectivity index (χ1n) is 5.07.